The normalized spacial score (nSPS) is 10.7. The van der Waals surface area contributed by atoms with E-state index in [1.165, 1.54) is 23.8 Å². The van der Waals surface area contributed by atoms with E-state index in [1.54, 1.807) is 25.4 Å². The molecule has 4 rings (SSSR count). The summed E-state index contributed by atoms with van der Waals surface area (Å²) in [5.74, 6) is 0.376. The van der Waals surface area contributed by atoms with Crippen LogP contribution >= 0.6 is 11.5 Å². The van der Waals surface area contributed by atoms with Crippen molar-refractivity contribution < 1.29 is 4.39 Å². The van der Waals surface area contributed by atoms with E-state index in [4.69, 9.17) is 0 Å². The van der Waals surface area contributed by atoms with Gasteiger partial charge in [-0.05, 0) is 25.1 Å². The minimum absolute atomic E-state index is 0.234. The minimum Gasteiger partial charge on any atom is -0.297 e. The maximum absolute atomic E-state index is 14.2. The Hall–Kier alpha value is -3.40. The highest BCUT2D eigenvalue weighted by molar-refractivity contribution is 7.09. The molecule has 26 heavy (non-hydrogen) atoms. The Morgan fingerprint density at radius 2 is 1.88 bits per heavy atom. The number of hydrogen-bond acceptors (Lipinski definition) is 9. The Kier molecular flexibility index (Phi) is 4.23. The van der Waals surface area contributed by atoms with Gasteiger partial charge in [-0.1, -0.05) is 0 Å². The zero-order valence-corrected chi connectivity index (χ0v) is 14.3. The summed E-state index contributed by atoms with van der Waals surface area (Å²) in [4.78, 5) is 16.6. The molecule has 128 valence electrons. The summed E-state index contributed by atoms with van der Waals surface area (Å²) in [7, 11) is 0. The highest BCUT2D eigenvalue weighted by Gasteiger charge is 2.17. The zero-order valence-electron chi connectivity index (χ0n) is 13.5. The van der Waals surface area contributed by atoms with Crippen LogP contribution in [0.5, 0.6) is 0 Å². The molecular weight excluding hydrogens is 355 g/mol. The summed E-state index contributed by atoms with van der Waals surface area (Å²) >= 11 is 1.19. The summed E-state index contributed by atoms with van der Waals surface area (Å²) in [6.45, 7) is 1.79. The summed E-state index contributed by atoms with van der Waals surface area (Å²) in [6, 6.07) is 5.12. The zero-order chi connectivity index (χ0) is 17.9. The molecule has 0 aliphatic heterocycles. The third-order valence-electron chi connectivity index (χ3n) is 3.40. The second-order valence-corrected chi connectivity index (χ2v) is 5.95. The predicted octanol–water partition coefficient (Wildman–Crippen LogP) is 3.04. The number of rotatable bonds is 4. The van der Waals surface area contributed by atoms with Crippen LogP contribution in [0.3, 0.4) is 0 Å². The fraction of sp³-hybridized carbons (Fsp3) is 0.0625. The van der Waals surface area contributed by atoms with Crippen molar-refractivity contribution >= 4 is 22.6 Å². The molecule has 0 saturated carbocycles. The quantitative estimate of drug-likeness (QED) is 0.588. The van der Waals surface area contributed by atoms with E-state index in [0.717, 1.165) is 6.20 Å². The average Bonchev–Trinajstić information content (AvgIpc) is 3.08. The fourth-order valence-corrected chi connectivity index (χ4v) is 2.84. The first kappa shape index (κ1) is 16.1. The first-order valence-electron chi connectivity index (χ1n) is 7.53. The summed E-state index contributed by atoms with van der Waals surface area (Å²) in [5.41, 5.74) is 1.70. The van der Waals surface area contributed by atoms with E-state index >= 15 is 0 Å². The molecule has 1 N–H and O–H groups in total. The SMILES string of the molecule is Cc1nsc(Nc2nnc(-c3ccncc3F)c(-c3cccnc3)n2)n1. The molecule has 0 fully saturated rings. The van der Waals surface area contributed by atoms with Gasteiger partial charge < -0.3 is 0 Å². The molecule has 0 aliphatic carbocycles. The number of nitrogens with zero attached hydrogens (tertiary/aromatic N) is 7. The van der Waals surface area contributed by atoms with Crippen molar-refractivity contribution in [3.05, 3.63) is 54.6 Å². The number of nitrogens with one attached hydrogen (secondary N) is 1. The molecule has 0 saturated heterocycles. The van der Waals surface area contributed by atoms with Gasteiger partial charge in [0.1, 0.15) is 17.2 Å². The lowest BCUT2D eigenvalue weighted by Crippen LogP contribution is -2.04. The number of pyridine rings is 2. The van der Waals surface area contributed by atoms with Crippen molar-refractivity contribution in [2.75, 3.05) is 5.32 Å². The van der Waals surface area contributed by atoms with E-state index in [0.29, 0.717) is 27.9 Å². The molecule has 0 atom stereocenters. The van der Waals surface area contributed by atoms with Gasteiger partial charge >= 0.3 is 0 Å². The molecule has 0 aliphatic rings. The maximum Gasteiger partial charge on any atom is 0.249 e. The van der Waals surface area contributed by atoms with Crippen molar-refractivity contribution in [1.82, 2.24) is 34.5 Å². The molecule has 0 radical (unpaired) electrons. The van der Waals surface area contributed by atoms with Crippen molar-refractivity contribution in [3.63, 3.8) is 0 Å². The molecule has 0 aromatic carbocycles. The van der Waals surface area contributed by atoms with Crippen LogP contribution in [-0.2, 0) is 0 Å². The van der Waals surface area contributed by atoms with Crippen LogP contribution in [0.1, 0.15) is 5.82 Å². The van der Waals surface area contributed by atoms with Crippen LogP contribution in [0, 0.1) is 12.7 Å². The van der Waals surface area contributed by atoms with E-state index in [1.807, 2.05) is 6.07 Å². The van der Waals surface area contributed by atoms with Crippen LogP contribution in [0.4, 0.5) is 15.5 Å². The third kappa shape index (κ3) is 3.22. The van der Waals surface area contributed by atoms with Gasteiger partial charge in [-0.3, -0.25) is 15.3 Å². The van der Waals surface area contributed by atoms with Crippen molar-refractivity contribution in [2.24, 2.45) is 0 Å². The molecule has 4 heterocycles. The Morgan fingerprint density at radius 3 is 2.62 bits per heavy atom. The predicted molar refractivity (Wildman–Crippen MR) is 94.2 cm³/mol. The van der Waals surface area contributed by atoms with E-state index < -0.39 is 5.82 Å². The number of halogens is 1. The lowest BCUT2D eigenvalue weighted by Gasteiger charge is -2.09. The Bertz CT molecular complexity index is 1050. The van der Waals surface area contributed by atoms with E-state index in [9.17, 15) is 4.39 Å². The smallest absolute Gasteiger partial charge is 0.249 e. The van der Waals surface area contributed by atoms with Gasteiger partial charge in [-0.2, -0.15) is 4.37 Å². The first-order chi connectivity index (χ1) is 12.7. The monoisotopic (exact) mass is 366 g/mol. The lowest BCUT2D eigenvalue weighted by molar-refractivity contribution is 0.624. The molecule has 8 nitrogen and oxygen atoms in total. The second-order valence-electron chi connectivity index (χ2n) is 5.20. The van der Waals surface area contributed by atoms with Gasteiger partial charge in [0.2, 0.25) is 11.1 Å². The van der Waals surface area contributed by atoms with Gasteiger partial charge in [0.25, 0.3) is 0 Å². The van der Waals surface area contributed by atoms with Gasteiger partial charge in [0.05, 0.1) is 6.20 Å². The average molecular weight is 366 g/mol. The van der Waals surface area contributed by atoms with Crippen molar-refractivity contribution in [2.45, 2.75) is 6.92 Å². The molecule has 0 spiro atoms. The fourth-order valence-electron chi connectivity index (χ4n) is 2.28. The van der Waals surface area contributed by atoms with Crippen LogP contribution in [0.25, 0.3) is 22.5 Å². The number of hydrogen-bond donors (Lipinski definition) is 1. The Morgan fingerprint density at radius 1 is 1.00 bits per heavy atom. The van der Waals surface area contributed by atoms with Gasteiger partial charge in [0, 0.05) is 41.2 Å². The second kappa shape index (κ2) is 6.84. The van der Waals surface area contributed by atoms with Crippen molar-refractivity contribution in [3.8, 4) is 22.5 Å². The Balaban J connectivity index is 1.83. The molecule has 4 aromatic rings. The maximum atomic E-state index is 14.2. The lowest BCUT2D eigenvalue weighted by atomic mass is 10.1. The number of aromatic nitrogens is 7. The number of anilines is 2. The van der Waals surface area contributed by atoms with Crippen LogP contribution < -0.4 is 5.32 Å². The largest absolute Gasteiger partial charge is 0.297 e. The first-order valence-corrected chi connectivity index (χ1v) is 8.30. The molecule has 0 unspecified atom stereocenters. The summed E-state index contributed by atoms with van der Waals surface area (Å²) in [5, 5.41) is 11.7. The van der Waals surface area contributed by atoms with Crippen LogP contribution in [0.2, 0.25) is 0 Å². The van der Waals surface area contributed by atoms with Crippen LogP contribution in [-0.4, -0.2) is 34.5 Å². The minimum atomic E-state index is -0.505. The summed E-state index contributed by atoms with van der Waals surface area (Å²) < 4.78 is 18.3. The molecule has 0 amide bonds. The van der Waals surface area contributed by atoms with Crippen molar-refractivity contribution in [1.29, 1.82) is 0 Å². The Labute approximate surface area is 151 Å². The number of aryl methyl sites for hydroxylation is 1. The molecule has 10 heteroatoms. The van der Waals surface area contributed by atoms with Gasteiger partial charge in [-0.25, -0.2) is 14.4 Å². The van der Waals surface area contributed by atoms with E-state index in [2.05, 4.69) is 39.8 Å². The highest BCUT2D eigenvalue weighted by atomic mass is 32.1. The third-order valence-corrected chi connectivity index (χ3v) is 4.12. The highest BCUT2D eigenvalue weighted by Crippen LogP contribution is 2.30. The summed E-state index contributed by atoms with van der Waals surface area (Å²) in [6.07, 6.45) is 5.89. The van der Waals surface area contributed by atoms with E-state index in [-0.39, 0.29) is 11.5 Å². The van der Waals surface area contributed by atoms with Crippen LogP contribution in [0.15, 0.2) is 43.0 Å². The molecule has 0 bridgehead atoms. The van der Waals surface area contributed by atoms with Gasteiger partial charge in [0.15, 0.2) is 5.82 Å². The molecular formula is C16H11FN8S. The topological polar surface area (TPSA) is 102 Å². The standard InChI is InChI=1S/C16H11FN8S/c1-9-20-16(26-25-9)22-15-21-13(10-3-2-5-18-7-10)14(23-24-15)11-4-6-19-8-12(11)17/h2-8H,1H3,(H,20,21,22,24,25). The van der Waals surface area contributed by atoms with Gasteiger partial charge in [-0.15, -0.1) is 10.2 Å². The molecule has 4 aromatic heterocycles.